The number of fused-ring (bicyclic) bond motifs is 1. The van der Waals surface area contributed by atoms with E-state index >= 15 is 0 Å². The number of aromatic nitrogens is 2. The van der Waals surface area contributed by atoms with Gasteiger partial charge in [0.2, 0.25) is 5.91 Å². The van der Waals surface area contributed by atoms with Crippen LogP contribution in [0.5, 0.6) is 5.75 Å². The number of hydrogen-bond donors (Lipinski definition) is 0. The Hall–Kier alpha value is -2.51. The third kappa shape index (κ3) is 3.86. The molecule has 1 atom stereocenters. The zero-order valence-electron chi connectivity index (χ0n) is 16.0. The number of para-hydroxylation sites is 1. The topological polar surface area (TPSA) is 64.4 Å². The first kappa shape index (κ1) is 20.2. The summed E-state index contributed by atoms with van der Waals surface area (Å²) in [5, 5.41) is 0.884. The van der Waals surface area contributed by atoms with Gasteiger partial charge in [0.15, 0.2) is 5.16 Å². The quantitative estimate of drug-likeness (QED) is 0.468. The molecule has 2 aromatic carbocycles. The number of benzene rings is 2. The summed E-state index contributed by atoms with van der Waals surface area (Å²) in [7, 11) is 4.92. The van der Waals surface area contributed by atoms with E-state index in [1.165, 1.54) is 28.3 Å². The van der Waals surface area contributed by atoms with Gasteiger partial charge in [-0.3, -0.25) is 14.2 Å². The Balaban J connectivity index is 2.21. The molecule has 1 aromatic heterocycles. The SMILES string of the molecule is COc1ccc(-n2c(S[C@@H](C)C(=O)N(C)C)nc3ccccc3c2=O)cc1Cl. The maximum Gasteiger partial charge on any atom is 0.266 e. The summed E-state index contributed by atoms with van der Waals surface area (Å²) in [5.41, 5.74) is 0.912. The number of halogens is 1. The predicted molar refractivity (Wildman–Crippen MR) is 113 cm³/mol. The molecule has 0 aliphatic rings. The summed E-state index contributed by atoms with van der Waals surface area (Å²) in [6, 6.07) is 12.2. The van der Waals surface area contributed by atoms with Gasteiger partial charge < -0.3 is 9.64 Å². The molecule has 0 saturated carbocycles. The summed E-state index contributed by atoms with van der Waals surface area (Å²) >= 11 is 7.50. The summed E-state index contributed by atoms with van der Waals surface area (Å²) in [5.74, 6) is 0.448. The standard InChI is InChI=1S/C20H20ClN3O3S/c1-12(18(25)23(2)3)28-20-22-16-8-6-5-7-14(16)19(26)24(20)13-9-10-17(27-4)15(21)11-13/h5-12H,1-4H3/t12-/m0/s1. The van der Waals surface area contributed by atoms with Gasteiger partial charge in [-0.15, -0.1) is 0 Å². The first-order valence-electron chi connectivity index (χ1n) is 8.57. The van der Waals surface area contributed by atoms with E-state index in [4.69, 9.17) is 16.3 Å². The van der Waals surface area contributed by atoms with Crippen LogP contribution in [0.3, 0.4) is 0 Å². The summed E-state index contributed by atoms with van der Waals surface area (Å²) < 4.78 is 6.68. The van der Waals surface area contributed by atoms with Crippen LogP contribution >= 0.6 is 23.4 Å². The fourth-order valence-corrected chi connectivity index (χ4v) is 4.11. The lowest BCUT2D eigenvalue weighted by Gasteiger charge is -2.19. The maximum absolute atomic E-state index is 13.2. The van der Waals surface area contributed by atoms with Gasteiger partial charge in [0.1, 0.15) is 5.75 Å². The zero-order chi connectivity index (χ0) is 20.4. The molecule has 3 rings (SSSR count). The molecule has 0 radical (unpaired) electrons. The molecule has 1 heterocycles. The van der Waals surface area contributed by atoms with Crippen LogP contribution in [0, 0.1) is 0 Å². The Morgan fingerprint density at radius 1 is 1.25 bits per heavy atom. The molecule has 0 N–H and O–H groups in total. The van der Waals surface area contributed by atoms with Crippen LogP contribution in [-0.4, -0.2) is 46.8 Å². The number of carbonyl (C=O) groups is 1. The summed E-state index contributed by atoms with van der Waals surface area (Å²) in [6.45, 7) is 1.79. The third-order valence-corrected chi connectivity index (χ3v) is 5.54. The van der Waals surface area contributed by atoms with Crippen molar-refractivity contribution in [3.8, 4) is 11.4 Å². The fraction of sp³-hybridized carbons (Fsp3) is 0.250. The number of nitrogens with zero attached hydrogens (tertiary/aromatic N) is 3. The Kier molecular flexibility index (Phi) is 5.96. The van der Waals surface area contributed by atoms with Crippen molar-refractivity contribution in [1.29, 1.82) is 0 Å². The van der Waals surface area contributed by atoms with Gasteiger partial charge in [0.25, 0.3) is 5.56 Å². The second-order valence-corrected chi connectivity index (χ2v) is 8.08. The van der Waals surface area contributed by atoms with Crippen molar-refractivity contribution in [1.82, 2.24) is 14.5 Å². The number of rotatable bonds is 5. The number of thioether (sulfide) groups is 1. The van der Waals surface area contributed by atoms with Crippen molar-refractivity contribution >= 4 is 40.2 Å². The molecule has 0 saturated heterocycles. The second-order valence-electron chi connectivity index (χ2n) is 6.36. The van der Waals surface area contributed by atoms with Gasteiger partial charge in [0.05, 0.1) is 34.0 Å². The van der Waals surface area contributed by atoms with E-state index in [2.05, 4.69) is 4.98 Å². The van der Waals surface area contributed by atoms with Crippen molar-refractivity contribution in [2.45, 2.75) is 17.3 Å². The maximum atomic E-state index is 13.2. The van der Waals surface area contributed by atoms with Gasteiger partial charge in [-0.25, -0.2) is 4.98 Å². The van der Waals surface area contributed by atoms with E-state index in [0.29, 0.717) is 32.5 Å². The highest BCUT2D eigenvalue weighted by atomic mass is 35.5. The molecule has 0 bridgehead atoms. The van der Waals surface area contributed by atoms with E-state index in [1.54, 1.807) is 57.4 Å². The van der Waals surface area contributed by atoms with Crippen LogP contribution in [0.4, 0.5) is 0 Å². The highest BCUT2D eigenvalue weighted by Crippen LogP contribution is 2.30. The normalized spacial score (nSPS) is 12.0. The van der Waals surface area contributed by atoms with Crippen molar-refractivity contribution in [2.75, 3.05) is 21.2 Å². The van der Waals surface area contributed by atoms with Crippen LogP contribution in [0.25, 0.3) is 16.6 Å². The average molecular weight is 418 g/mol. The van der Waals surface area contributed by atoms with Crippen molar-refractivity contribution in [3.63, 3.8) is 0 Å². The average Bonchev–Trinajstić information content (AvgIpc) is 2.67. The summed E-state index contributed by atoms with van der Waals surface area (Å²) in [6.07, 6.45) is 0. The van der Waals surface area contributed by atoms with E-state index in [9.17, 15) is 9.59 Å². The first-order chi connectivity index (χ1) is 13.3. The van der Waals surface area contributed by atoms with Crippen LogP contribution in [0.1, 0.15) is 6.92 Å². The van der Waals surface area contributed by atoms with E-state index < -0.39 is 5.25 Å². The Bertz CT molecular complexity index is 1100. The molecule has 0 aliphatic carbocycles. The molecule has 8 heteroatoms. The lowest BCUT2D eigenvalue weighted by molar-refractivity contribution is -0.127. The van der Waals surface area contributed by atoms with E-state index in [0.717, 1.165) is 0 Å². The van der Waals surface area contributed by atoms with Crippen LogP contribution < -0.4 is 10.3 Å². The van der Waals surface area contributed by atoms with E-state index in [-0.39, 0.29) is 11.5 Å². The van der Waals surface area contributed by atoms with Crippen molar-refractivity contribution in [2.24, 2.45) is 0 Å². The number of ether oxygens (including phenoxy) is 1. The highest BCUT2D eigenvalue weighted by Gasteiger charge is 2.21. The Morgan fingerprint density at radius 2 is 1.96 bits per heavy atom. The van der Waals surface area contributed by atoms with Crippen molar-refractivity contribution < 1.29 is 9.53 Å². The minimum Gasteiger partial charge on any atom is -0.495 e. The lowest BCUT2D eigenvalue weighted by Crippen LogP contribution is -2.31. The number of amides is 1. The molecule has 146 valence electrons. The zero-order valence-corrected chi connectivity index (χ0v) is 17.5. The van der Waals surface area contributed by atoms with E-state index in [1.807, 2.05) is 6.07 Å². The van der Waals surface area contributed by atoms with Crippen molar-refractivity contribution in [3.05, 3.63) is 57.8 Å². The number of carbonyl (C=O) groups excluding carboxylic acids is 1. The molecule has 6 nitrogen and oxygen atoms in total. The fourth-order valence-electron chi connectivity index (χ4n) is 2.79. The van der Waals surface area contributed by atoms with Gasteiger partial charge >= 0.3 is 0 Å². The molecule has 0 unspecified atom stereocenters. The molecule has 0 spiro atoms. The Labute approximate surface area is 172 Å². The third-order valence-electron chi connectivity index (χ3n) is 4.21. The second kappa shape index (κ2) is 8.24. The number of methoxy groups -OCH3 is 1. The van der Waals surface area contributed by atoms with Gasteiger partial charge in [-0.2, -0.15) is 0 Å². The molecular formula is C20H20ClN3O3S. The van der Waals surface area contributed by atoms with Gasteiger partial charge in [-0.05, 0) is 37.3 Å². The van der Waals surface area contributed by atoms with Crippen LogP contribution in [0.2, 0.25) is 5.02 Å². The molecule has 28 heavy (non-hydrogen) atoms. The van der Waals surface area contributed by atoms with Crippen LogP contribution in [-0.2, 0) is 4.79 Å². The first-order valence-corrected chi connectivity index (χ1v) is 9.82. The molecule has 1 amide bonds. The van der Waals surface area contributed by atoms with Gasteiger partial charge in [-0.1, -0.05) is 35.5 Å². The minimum absolute atomic E-state index is 0.0632. The molecule has 0 aliphatic heterocycles. The predicted octanol–water partition coefficient (Wildman–Crippen LogP) is 3.62. The highest BCUT2D eigenvalue weighted by molar-refractivity contribution is 8.00. The molecule has 0 fully saturated rings. The summed E-state index contributed by atoms with van der Waals surface area (Å²) in [4.78, 5) is 31.7. The largest absolute Gasteiger partial charge is 0.495 e. The van der Waals surface area contributed by atoms with Gasteiger partial charge in [0, 0.05) is 14.1 Å². The van der Waals surface area contributed by atoms with Crippen LogP contribution in [0.15, 0.2) is 52.4 Å². The molecule has 3 aromatic rings. The Morgan fingerprint density at radius 3 is 2.61 bits per heavy atom. The molecular weight excluding hydrogens is 398 g/mol. The minimum atomic E-state index is -0.414. The lowest BCUT2D eigenvalue weighted by atomic mass is 10.2. The smallest absolute Gasteiger partial charge is 0.266 e. The monoisotopic (exact) mass is 417 g/mol. The number of hydrogen-bond acceptors (Lipinski definition) is 5.